The van der Waals surface area contributed by atoms with Crippen molar-refractivity contribution in [3.8, 4) is 0 Å². The van der Waals surface area contributed by atoms with E-state index in [0.717, 1.165) is 11.0 Å². The second-order valence-corrected chi connectivity index (χ2v) is 6.05. The van der Waals surface area contributed by atoms with Crippen LogP contribution >= 0.6 is 0 Å². The van der Waals surface area contributed by atoms with Gasteiger partial charge in [0, 0.05) is 26.7 Å². The lowest BCUT2D eigenvalue weighted by Crippen LogP contribution is -2.37. The van der Waals surface area contributed by atoms with Crippen molar-refractivity contribution < 1.29 is 0 Å². The molecule has 0 aliphatic rings. The van der Waals surface area contributed by atoms with Crippen LogP contribution in [-0.2, 0) is 27.1 Å². The van der Waals surface area contributed by atoms with E-state index >= 15 is 0 Å². The summed E-state index contributed by atoms with van der Waals surface area (Å²) in [6.45, 7) is 0.581. The van der Waals surface area contributed by atoms with Gasteiger partial charge in [0.25, 0.3) is 5.56 Å². The molecule has 2 aromatic heterocycles. The van der Waals surface area contributed by atoms with Crippen molar-refractivity contribution in [2.45, 2.75) is 25.4 Å². The van der Waals surface area contributed by atoms with Gasteiger partial charge in [-0.3, -0.25) is 13.9 Å². The molecule has 2 N–H and O–H groups in total. The molecule has 3 rings (SSSR count). The van der Waals surface area contributed by atoms with E-state index < -0.39 is 0 Å². The Kier molecular flexibility index (Phi) is 4.35. The van der Waals surface area contributed by atoms with Gasteiger partial charge in [-0.25, -0.2) is 9.78 Å². The fourth-order valence-electron chi connectivity index (χ4n) is 2.89. The van der Waals surface area contributed by atoms with Crippen molar-refractivity contribution in [2.75, 3.05) is 0 Å². The third kappa shape index (κ3) is 2.90. The van der Waals surface area contributed by atoms with Gasteiger partial charge in [-0.15, -0.1) is 0 Å². The zero-order valence-corrected chi connectivity index (χ0v) is 13.8. The number of nitrogens with zero attached hydrogens (tertiary/aromatic N) is 4. The smallest absolute Gasteiger partial charge is 0.327 e. The molecule has 1 atom stereocenters. The van der Waals surface area contributed by atoms with E-state index in [1.54, 1.807) is 17.9 Å². The number of fused-ring (bicyclic) bond motifs is 1. The summed E-state index contributed by atoms with van der Waals surface area (Å²) >= 11 is 0. The second-order valence-electron chi connectivity index (χ2n) is 6.05. The standard InChI is InChI=1S/C17H21N5O2/c1-20-15-14(16(23)21(2)17(20)24)22(11-19-15)9-8-13(18)10-12-6-4-3-5-7-12/h3-7,11,13H,8-10,18H2,1-2H3. The molecule has 7 heteroatoms. The van der Waals surface area contributed by atoms with Crippen LogP contribution in [0.3, 0.4) is 0 Å². The first-order chi connectivity index (χ1) is 11.5. The molecule has 1 unspecified atom stereocenters. The lowest BCUT2D eigenvalue weighted by atomic mass is 10.0. The number of benzene rings is 1. The maximum atomic E-state index is 12.4. The number of rotatable bonds is 5. The van der Waals surface area contributed by atoms with Gasteiger partial charge in [0.05, 0.1) is 6.33 Å². The molecule has 7 nitrogen and oxygen atoms in total. The maximum Gasteiger partial charge on any atom is 0.332 e. The number of imidazole rings is 1. The Labute approximate surface area is 139 Å². The molecule has 24 heavy (non-hydrogen) atoms. The molecule has 0 bridgehead atoms. The molecule has 3 aromatic rings. The highest BCUT2D eigenvalue weighted by Crippen LogP contribution is 2.09. The van der Waals surface area contributed by atoms with E-state index in [2.05, 4.69) is 17.1 Å². The molecule has 0 saturated carbocycles. The van der Waals surface area contributed by atoms with E-state index in [1.807, 2.05) is 18.2 Å². The predicted molar refractivity (Wildman–Crippen MR) is 93.0 cm³/mol. The minimum atomic E-state index is -0.376. The van der Waals surface area contributed by atoms with Gasteiger partial charge in [0.15, 0.2) is 11.2 Å². The van der Waals surface area contributed by atoms with Crippen molar-refractivity contribution in [3.05, 3.63) is 63.1 Å². The Bertz CT molecular complexity index is 968. The van der Waals surface area contributed by atoms with Crippen molar-refractivity contribution in [1.82, 2.24) is 18.7 Å². The van der Waals surface area contributed by atoms with Crippen molar-refractivity contribution in [2.24, 2.45) is 19.8 Å². The minimum absolute atomic E-state index is 0.0127. The number of hydrogen-bond donors (Lipinski definition) is 1. The first-order valence-corrected chi connectivity index (χ1v) is 7.89. The van der Waals surface area contributed by atoms with Crippen LogP contribution in [0, 0.1) is 0 Å². The van der Waals surface area contributed by atoms with E-state index in [9.17, 15) is 9.59 Å². The number of aryl methyl sites for hydroxylation is 2. The van der Waals surface area contributed by atoms with Crippen LogP contribution in [-0.4, -0.2) is 24.7 Å². The molecule has 0 aliphatic carbocycles. The average molecular weight is 327 g/mol. The Balaban J connectivity index is 1.81. The third-order valence-corrected chi connectivity index (χ3v) is 4.30. The predicted octanol–water partition coefficient (Wildman–Crippen LogP) is 0.394. The zero-order chi connectivity index (χ0) is 17.3. The summed E-state index contributed by atoms with van der Waals surface area (Å²) < 4.78 is 4.27. The summed E-state index contributed by atoms with van der Waals surface area (Å²) in [5.41, 5.74) is 7.54. The highest BCUT2D eigenvalue weighted by molar-refractivity contribution is 5.69. The summed E-state index contributed by atoms with van der Waals surface area (Å²) in [4.78, 5) is 28.5. The van der Waals surface area contributed by atoms with Crippen molar-refractivity contribution >= 4 is 11.2 Å². The maximum absolute atomic E-state index is 12.4. The summed E-state index contributed by atoms with van der Waals surface area (Å²) in [7, 11) is 3.09. The van der Waals surface area contributed by atoms with Gasteiger partial charge in [-0.1, -0.05) is 30.3 Å². The lowest BCUT2D eigenvalue weighted by molar-refractivity contribution is 0.544. The monoisotopic (exact) mass is 327 g/mol. The number of nitrogens with two attached hydrogens (primary N) is 1. The Hall–Kier alpha value is -2.67. The zero-order valence-electron chi connectivity index (χ0n) is 13.8. The van der Waals surface area contributed by atoms with Crippen LogP contribution in [0.2, 0.25) is 0 Å². The van der Waals surface area contributed by atoms with Crippen LogP contribution in [0.4, 0.5) is 0 Å². The first kappa shape index (κ1) is 16.2. The molecular formula is C17H21N5O2. The summed E-state index contributed by atoms with van der Waals surface area (Å²) in [6.07, 6.45) is 3.09. The SMILES string of the molecule is Cn1c(=O)c2c(ncn2CCC(N)Cc2ccccc2)n(C)c1=O. The molecular weight excluding hydrogens is 306 g/mol. The lowest BCUT2D eigenvalue weighted by Gasteiger charge is -2.12. The van der Waals surface area contributed by atoms with Crippen molar-refractivity contribution in [3.63, 3.8) is 0 Å². The fourth-order valence-corrected chi connectivity index (χ4v) is 2.89. The Morgan fingerprint density at radius 1 is 1.12 bits per heavy atom. The molecule has 2 heterocycles. The minimum Gasteiger partial charge on any atom is -0.327 e. The molecule has 0 amide bonds. The van der Waals surface area contributed by atoms with Gasteiger partial charge in [-0.05, 0) is 18.4 Å². The van der Waals surface area contributed by atoms with E-state index in [0.29, 0.717) is 24.1 Å². The number of hydrogen-bond acceptors (Lipinski definition) is 4. The van der Waals surface area contributed by atoms with E-state index in [4.69, 9.17) is 5.73 Å². The van der Waals surface area contributed by atoms with Gasteiger partial charge >= 0.3 is 5.69 Å². The Morgan fingerprint density at radius 3 is 2.54 bits per heavy atom. The van der Waals surface area contributed by atoms with Gasteiger partial charge < -0.3 is 10.3 Å². The summed E-state index contributed by atoms with van der Waals surface area (Å²) in [5, 5.41) is 0. The molecule has 0 aliphatic heterocycles. The summed E-state index contributed by atoms with van der Waals surface area (Å²) in [5.74, 6) is 0. The first-order valence-electron chi connectivity index (χ1n) is 7.89. The molecule has 126 valence electrons. The van der Waals surface area contributed by atoms with Gasteiger partial charge in [0.1, 0.15) is 0 Å². The normalized spacial score (nSPS) is 12.6. The highest BCUT2D eigenvalue weighted by Gasteiger charge is 2.14. The molecule has 1 aromatic carbocycles. The molecule has 0 spiro atoms. The van der Waals surface area contributed by atoms with Crippen LogP contribution in [0.5, 0.6) is 0 Å². The van der Waals surface area contributed by atoms with Crippen LogP contribution in [0.15, 0.2) is 46.2 Å². The Morgan fingerprint density at radius 2 is 1.83 bits per heavy atom. The largest absolute Gasteiger partial charge is 0.332 e. The van der Waals surface area contributed by atoms with Crippen LogP contribution in [0.1, 0.15) is 12.0 Å². The topological polar surface area (TPSA) is 87.8 Å². The highest BCUT2D eigenvalue weighted by atomic mass is 16.2. The van der Waals surface area contributed by atoms with Gasteiger partial charge in [0.2, 0.25) is 0 Å². The van der Waals surface area contributed by atoms with Gasteiger partial charge in [-0.2, -0.15) is 0 Å². The number of aromatic nitrogens is 4. The second kappa shape index (κ2) is 6.45. The fraction of sp³-hybridized carbons (Fsp3) is 0.353. The molecule has 0 radical (unpaired) electrons. The summed E-state index contributed by atoms with van der Waals surface area (Å²) in [6, 6.07) is 10.1. The van der Waals surface area contributed by atoms with E-state index in [1.165, 1.54) is 17.2 Å². The van der Waals surface area contributed by atoms with E-state index in [-0.39, 0.29) is 17.3 Å². The third-order valence-electron chi connectivity index (χ3n) is 4.30. The molecule has 0 fully saturated rings. The quantitative estimate of drug-likeness (QED) is 0.734. The van der Waals surface area contributed by atoms with Crippen LogP contribution < -0.4 is 17.0 Å². The van der Waals surface area contributed by atoms with Crippen LogP contribution in [0.25, 0.3) is 11.2 Å². The average Bonchev–Trinajstić information content (AvgIpc) is 3.01. The van der Waals surface area contributed by atoms with Crippen molar-refractivity contribution in [1.29, 1.82) is 0 Å². The molecule has 0 saturated heterocycles.